The first-order valence-corrected chi connectivity index (χ1v) is 8.14. The molecule has 0 radical (unpaired) electrons. The van der Waals surface area contributed by atoms with Crippen LogP contribution in [0.2, 0.25) is 0 Å². The summed E-state index contributed by atoms with van der Waals surface area (Å²) in [5.74, 6) is 6.40. The van der Waals surface area contributed by atoms with Gasteiger partial charge in [-0.25, -0.2) is 0 Å². The van der Waals surface area contributed by atoms with Gasteiger partial charge in [-0.15, -0.1) is 0 Å². The number of nitrogens with one attached hydrogen (secondary N) is 1. The molecule has 116 valence electrons. The quantitative estimate of drug-likeness (QED) is 0.600. The summed E-state index contributed by atoms with van der Waals surface area (Å²) in [6.45, 7) is 13.4. The molecule has 3 N–H and O–H groups in total. The smallest absolute Gasteiger partial charge is 0.0712 e. The van der Waals surface area contributed by atoms with Crippen LogP contribution in [0.5, 0.6) is 0 Å². The second-order valence-electron chi connectivity index (χ2n) is 7.24. The Bertz CT molecular complexity index is 420. The number of hydrogen-bond donors (Lipinski definition) is 2. The van der Waals surface area contributed by atoms with Crippen LogP contribution in [0.3, 0.4) is 0 Å². The number of rotatable bonds is 6. The number of nitrogens with zero attached hydrogens (tertiary/aromatic N) is 2. The fourth-order valence-corrected chi connectivity index (χ4v) is 3.43. The van der Waals surface area contributed by atoms with Gasteiger partial charge in [-0.1, -0.05) is 27.7 Å². The highest BCUT2D eigenvalue weighted by atomic mass is 79.9. The second kappa shape index (κ2) is 7.05. The summed E-state index contributed by atoms with van der Waals surface area (Å²) in [6, 6.07) is 0.441. The van der Waals surface area contributed by atoms with Crippen molar-refractivity contribution < 1.29 is 0 Å². The van der Waals surface area contributed by atoms with Gasteiger partial charge in [0.15, 0.2) is 0 Å². The maximum atomic E-state index is 5.80. The van der Waals surface area contributed by atoms with Crippen LogP contribution in [0.1, 0.15) is 72.2 Å². The van der Waals surface area contributed by atoms with E-state index in [1.807, 2.05) is 10.9 Å². The van der Waals surface area contributed by atoms with Gasteiger partial charge in [0.2, 0.25) is 0 Å². The van der Waals surface area contributed by atoms with Crippen LogP contribution >= 0.6 is 15.9 Å². The van der Waals surface area contributed by atoms with Crippen molar-refractivity contribution in [3.63, 3.8) is 0 Å². The van der Waals surface area contributed by atoms with Crippen molar-refractivity contribution >= 4 is 15.9 Å². The Morgan fingerprint density at radius 2 is 1.95 bits per heavy atom. The van der Waals surface area contributed by atoms with Gasteiger partial charge in [0.25, 0.3) is 0 Å². The predicted molar refractivity (Wildman–Crippen MR) is 88.2 cm³/mol. The minimum absolute atomic E-state index is 0.117. The van der Waals surface area contributed by atoms with Crippen LogP contribution in [0, 0.1) is 11.3 Å². The molecule has 0 aliphatic carbocycles. The van der Waals surface area contributed by atoms with E-state index in [-0.39, 0.29) is 6.04 Å². The molecular weight excluding hydrogens is 316 g/mol. The van der Waals surface area contributed by atoms with Gasteiger partial charge in [0.1, 0.15) is 0 Å². The maximum absolute atomic E-state index is 5.80. The van der Waals surface area contributed by atoms with Gasteiger partial charge >= 0.3 is 0 Å². The van der Waals surface area contributed by atoms with E-state index >= 15 is 0 Å². The van der Waals surface area contributed by atoms with Crippen LogP contribution < -0.4 is 11.3 Å². The van der Waals surface area contributed by atoms with Gasteiger partial charge in [-0.2, -0.15) is 5.10 Å². The lowest BCUT2D eigenvalue weighted by Crippen LogP contribution is -2.32. The molecule has 0 amide bonds. The number of halogens is 1. The lowest BCUT2D eigenvalue weighted by Gasteiger charge is -2.27. The van der Waals surface area contributed by atoms with Crippen molar-refractivity contribution in [1.29, 1.82) is 0 Å². The normalized spacial score (nSPS) is 15.7. The van der Waals surface area contributed by atoms with E-state index in [1.165, 1.54) is 6.42 Å². The Morgan fingerprint density at radius 3 is 2.40 bits per heavy atom. The highest BCUT2D eigenvalue weighted by Crippen LogP contribution is 2.33. The van der Waals surface area contributed by atoms with E-state index in [0.717, 1.165) is 16.6 Å². The lowest BCUT2D eigenvalue weighted by molar-refractivity contribution is 0.271. The Kier molecular flexibility index (Phi) is 6.23. The summed E-state index contributed by atoms with van der Waals surface area (Å²) in [6.07, 6.45) is 4.04. The summed E-state index contributed by atoms with van der Waals surface area (Å²) in [5, 5.41) is 4.44. The van der Waals surface area contributed by atoms with Crippen LogP contribution in [0.15, 0.2) is 10.7 Å². The van der Waals surface area contributed by atoms with Gasteiger partial charge in [-0.05, 0) is 54.0 Å². The van der Waals surface area contributed by atoms with E-state index in [4.69, 9.17) is 5.84 Å². The number of nitrogens with two attached hydrogens (primary N) is 1. The molecule has 0 spiro atoms. The molecule has 0 aromatic carbocycles. The number of aromatic nitrogens is 2. The van der Waals surface area contributed by atoms with Crippen LogP contribution in [0.25, 0.3) is 0 Å². The van der Waals surface area contributed by atoms with E-state index in [9.17, 15) is 0 Å². The minimum Gasteiger partial charge on any atom is -0.271 e. The van der Waals surface area contributed by atoms with Crippen molar-refractivity contribution in [3.8, 4) is 0 Å². The first kappa shape index (κ1) is 17.7. The third-order valence-corrected chi connectivity index (χ3v) is 4.02. The molecule has 1 aromatic rings. The van der Waals surface area contributed by atoms with Crippen molar-refractivity contribution in [2.24, 2.45) is 17.2 Å². The van der Waals surface area contributed by atoms with Gasteiger partial charge < -0.3 is 0 Å². The summed E-state index contributed by atoms with van der Waals surface area (Å²) in [4.78, 5) is 0. The topological polar surface area (TPSA) is 55.9 Å². The van der Waals surface area contributed by atoms with Crippen molar-refractivity contribution in [2.45, 2.75) is 66.5 Å². The molecule has 20 heavy (non-hydrogen) atoms. The molecular formula is C15H29BrN4. The van der Waals surface area contributed by atoms with Crippen LogP contribution in [-0.4, -0.2) is 9.78 Å². The number of hydrogen-bond acceptors (Lipinski definition) is 3. The summed E-state index contributed by atoms with van der Waals surface area (Å²) >= 11 is 3.60. The number of hydrazine groups is 1. The van der Waals surface area contributed by atoms with Gasteiger partial charge in [0, 0.05) is 6.04 Å². The third kappa shape index (κ3) is 4.86. The standard InChI is InChI=1S/C15H29BrN4/c1-10(2)20-14(12(16)9-18-20)13(19-17)7-11(3)8-15(4,5)6/h9-11,13,19H,7-8,17H2,1-6H3. The van der Waals surface area contributed by atoms with E-state index < -0.39 is 0 Å². The third-order valence-electron chi connectivity index (χ3n) is 3.41. The molecule has 1 rings (SSSR count). The SMILES string of the molecule is CC(CC(NN)c1c(Br)cnn1C(C)C)CC(C)(C)C. The molecule has 0 saturated heterocycles. The average Bonchev–Trinajstić information content (AvgIpc) is 2.65. The summed E-state index contributed by atoms with van der Waals surface area (Å²) in [5.41, 5.74) is 4.45. The first-order valence-electron chi connectivity index (χ1n) is 7.34. The molecule has 1 heterocycles. The van der Waals surface area contributed by atoms with Crippen molar-refractivity contribution in [3.05, 3.63) is 16.4 Å². The first-order chi connectivity index (χ1) is 9.15. The van der Waals surface area contributed by atoms with Crippen molar-refractivity contribution in [1.82, 2.24) is 15.2 Å². The molecule has 2 unspecified atom stereocenters. The fraction of sp³-hybridized carbons (Fsp3) is 0.800. The van der Waals surface area contributed by atoms with E-state index in [1.54, 1.807) is 0 Å². The van der Waals surface area contributed by atoms with Crippen molar-refractivity contribution in [2.75, 3.05) is 0 Å². The Morgan fingerprint density at radius 1 is 1.35 bits per heavy atom. The molecule has 1 aromatic heterocycles. The molecule has 0 aliphatic heterocycles. The molecule has 0 bridgehead atoms. The molecule has 2 atom stereocenters. The molecule has 4 nitrogen and oxygen atoms in total. The predicted octanol–water partition coefficient (Wildman–Crippen LogP) is 4.19. The fourth-order valence-electron chi connectivity index (χ4n) is 2.88. The van der Waals surface area contributed by atoms with Crippen LogP contribution in [0.4, 0.5) is 0 Å². The second-order valence-corrected chi connectivity index (χ2v) is 8.10. The van der Waals surface area contributed by atoms with Gasteiger partial charge in [0.05, 0.1) is 22.4 Å². The highest BCUT2D eigenvalue weighted by molar-refractivity contribution is 9.10. The highest BCUT2D eigenvalue weighted by Gasteiger charge is 2.24. The molecule has 0 saturated carbocycles. The monoisotopic (exact) mass is 344 g/mol. The van der Waals surface area contributed by atoms with E-state index in [0.29, 0.717) is 17.4 Å². The average molecular weight is 345 g/mol. The van der Waals surface area contributed by atoms with Gasteiger partial charge in [-0.3, -0.25) is 16.0 Å². The zero-order chi connectivity index (χ0) is 15.5. The molecule has 0 aliphatic rings. The Balaban J connectivity index is 2.89. The van der Waals surface area contributed by atoms with E-state index in [2.05, 4.69) is 68.0 Å². The maximum Gasteiger partial charge on any atom is 0.0712 e. The molecule has 5 heteroatoms. The molecule has 0 fully saturated rings. The Labute approximate surface area is 131 Å². The zero-order valence-corrected chi connectivity index (χ0v) is 15.2. The summed E-state index contributed by atoms with van der Waals surface area (Å²) in [7, 11) is 0. The zero-order valence-electron chi connectivity index (χ0n) is 13.6. The van der Waals surface area contributed by atoms with Crippen LogP contribution in [-0.2, 0) is 0 Å². The largest absolute Gasteiger partial charge is 0.271 e. The Hall–Kier alpha value is -0.390. The minimum atomic E-state index is 0.117. The summed E-state index contributed by atoms with van der Waals surface area (Å²) < 4.78 is 3.07. The lowest BCUT2D eigenvalue weighted by atomic mass is 9.82.